The van der Waals surface area contributed by atoms with Crippen LogP contribution in [-0.2, 0) is 4.79 Å². The molecule has 9 heteroatoms. The lowest BCUT2D eigenvalue weighted by Crippen LogP contribution is -2.57. The zero-order valence-corrected chi connectivity index (χ0v) is 15.2. The molecular formula is C19H20F3N5O. The summed E-state index contributed by atoms with van der Waals surface area (Å²) in [5, 5.41) is 12.5. The Balaban J connectivity index is 1.85. The van der Waals surface area contributed by atoms with E-state index in [1.807, 2.05) is 17.9 Å². The summed E-state index contributed by atoms with van der Waals surface area (Å²) in [6.07, 6.45) is -2.62. The van der Waals surface area contributed by atoms with Crippen molar-refractivity contribution in [2.75, 3.05) is 18.0 Å². The number of hydrogen-bond donors (Lipinski definition) is 2. The van der Waals surface area contributed by atoms with Crippen LogP contribution in [-0.4, -0.2) is 42.2 Å². The molecule has 2 heterocycles. The third-order valence-electron chi connectivity index (χ3n) is 4.85. The molecule has 1 unspecified atom stereocenters. The molecule has 0 aliphatic carbocycles. The molecule has 3 rings (SSSR count). The summed E-state index contributed by atoms with van der Waals surface area (Å²) >= 11 is 0. The monoisotopic (exact) mass is 391 g/mol. The van der Waals surface area contributed by atoms with Gasteiger partial charge in [-0.15, -0.1) is 0 Å². The van der Waals surface area contributed by atoms with Crippen LogP contribution in [0.2, 0.25) is 0 Å². The van der Waals surface area contributed by atoms with Gasteiger partial charge in [0.05, 0.1) is 11.1 Å². The quantitative estimate of drug-likeness (QED) is 0.837. The molecule has 2 aromatic rings. The number of hydrogen-bond acceptors (Lipinski definition) is 5. The first-order valence-electron chi connectivity index (χ1n) is 8.86. The number of fused-ring (bicyclic) bond motifs is 1. The van der Waals surface area contributed by atoms with Gasteiger partial charge in [0.2, 0.25) is 5.91 Å². The smallest absolute Gasteiger partial charge is 0.369 e. The van der Waals surface area contributed by atoms with E-state index < -0.39 is 24.2 Å². The summed E-state index contributed by atoms with van der Waals surface area (Å²) in [5.41, 5.74) is 6.85. The molecule has 3 N–H and O–H groups in total. The second-order valence-corrected chi connectivity index (χ2v) is 7.11. The van der Waals surface area contributed by atoms with Crippen LogP contribution in [0, 0.1) is 17.2 Å². The van der Waals surface area contributed by atoms with Gasteiger partial charge >= 0.3 is 6.18 Å². The number of pyridine rings is 1. The Labute approximate surface area is 160 Å². The fourth-order valence-corrected chi connectivity index (χ4v) is 3.62. The first kappa shape index (κ1) is 19.9. The summed E-state index contributed by atoms with van der Waals surface area (Å²) in [6, 6.07) is 6.20. The largest absolute Gasteiger partial charge is 0.412 e. The summed E-state index contributed by atoms with van der Waals surface area (Å²) in [7, 11) is 0. The highest BCUT2D eigenvalue weighted by molar-refractivity contribution is 5.95. The third kappa shape index (κ3) is 4.02. The number of amides is 1. The maximum Gasteiger partial charge on any atom is 0.412 e. The minimum atomic E-state index is -4.78. The molecule has 1 aromatic heterocycles. The number of halogens is 3. The number of piperidine rings is 1. The molecule has 6 nitrogen and oxygen atoms in total. The van der Waals surface area contributed by atoms with Crippen LogP contribution < -0.4 is 16.0 Å². The van der Waals surface area contributed by atoms with Crippen LogP contribution in [0.5, 0.6) is 0 Å². The van der Waals surface area contributed by atoms with Crippen molar-refractivity contribution in [2.45, 2.75) is 31.6 Å². The molecule has 0 bridgehead atoms. The van der Waals surface area contributed by atoms with Crippen molar-refractivity contribution in [3.8, 4) is 6.07 Å². The van der Waals surface area contributed by atoms with Gasteiger partial charge in [-0.3, -0.25) is 9.78 Å². The van der Waals surface area contributed by atoms with Crippen molar-refractivity contribution < 1.29 is 18.0 Å². The fourth-order valence-electron chi connectivity index (χ4n) is 3.62. The van der Waals surface area contributed by atoms with E-state index >= 15 is 0 Å². The number of rotatable bonds is 3. The minimum Gasteiger partial charge on any atom is -0.369 e. The Morgan fingerprint density at radius 2 is 2.14 bits per heavy atom. The molecule has 1 amide bonds. The molecule has 1 fully saturated rings. The van der Waals surface area contributed by atoms with Gasteiger partial charge in [0, 0.05) is 36.4 Å². The summed E-state index contributed by atoms with van der Waals surface area (Å²) in [5.74, 6) is -1.08. The summed E-state index contributed by atoms with van der Waals surface area (Å²) < 4.78 is 38.1. The topological polar surface area (TPSA) is 95.0 Å². The molecule has 148 valence electrons. The van der Waals surface area contributed by atoms with E-state index in [9.17, 15) is 23.2 Å². The van der Waals surface area contributed by atoms with Gasteiger partial charge in [-0.05, 0) is 36.6 Å². The van der Waals surface area contributed by atoms with E-state index in [4.69, 9.17) is 5.73 Å². The number of anilines is 1. The van der Waals surface area contributed by atoms with E-state index in [2.05, 4.69) is 16.4 Å². The highest BCUT2D eigenvalue weighted by atomic mass is 19.4. The number of carbonyl (C=O) groups excluding carboxylic acids is 1. The van der Waals surface area contributed by atoms with Crippen molar-refractivity contribution in [3.05, 3.63) is 36.0 Å². The third-order valence-corrected chi connectivity index (χ3v) is 4.85. The van der Waals surface area contributed by atoms with Crippen LogP contribution in [0.25, 0.3) is 10.9 Å². The van der Waals surface area contributed by atoms with Crippen molar-refractivity contribution in [3.63, 3.8) is 0 Å². The van der Waals surface area contributed by atoms with Gasteiger partial charge in [0.15, 0.2) is 6.04 Å². The number of aromatic nitrogens is 1. The van der Waals surface area contributed by atoms with Gasteiger partial charge in [0.1, 0.15) is 6.07 Å². The Kier molecular flexibility index (Phi) is 5.42. The van der Waals surface area contributed by atoms with Crippen LogP contribution in [0.3, 0.4) is 0 Å². The standard InChI is InChI=1S/C19H20F3N5O/c1-11-7-13(26-18(28)17(24)19(20,21)22)10-27(9-11)15-5-4-12(8-23)16-14(15)3-2-6-25-16/h2-6,11,13,17H,7,9-10,24H2,1H3,(H,26,28)/t11-,13+,17?/m0/s1. The Bertz CT molecular complexity index is 924. The molecule has 3 atom stereocenters. The van der Waals surface area contributed by atoms with E-state index in [1.165, 1.54) is 0 Å². The predicted octanol–water partition coefficient (Wildman–Crippen LogP) is 2.33. The Morgan fingerprint density at radius 3 is 2.82 bits per heavy atom. The zero-order valence-electron chi connectivity index (χ0n) is 15.2. The van der Waals surface area contributed by atoms with Gasteiger partial charge in [0.25, 0.3) is 0 Å². The number of carbonyl (C=O) groups is 1. The molecule has 0 saturated carbocycles. The lowest BCUT2D eigenvalue weighted by molar-refractivity contribution is -0.163. The molecule has 1 aromatic carbocycles. The zero-order chi connectivity index (χ0) is 20.5. The first-order chi connectivity index (χ1) is 13.2. The first-order valence-corrected chi connectivity index (χ1v) is 8.86. The second kappa shape index (κ2) is 7.64. The second-order valence-electron chi connectivity index (χ2n) is 7.11. The van der Waals surface area contributed by atoms with Crippen molar-refractivity contribution in [2.24, 2.45) is 11.7 Å². The average molecular weight is 391 g/mol. The van der Waals surface area contributed by atoms with Crippen LogP contribution >= 0.6 is 0 Å². The molecule has 1 saturated heterocycles. The van der Waals surface area contributed by atoms with Crippen LogP contribution in [0.4, 0.5) is 18.9 Å². The van der Waals surface area contributed by atoms with Gasteiger partial charge < -0.3 is 16.0 Å². The number of nitrogens with two attached hydrogens (primary N) is 1. The van der Waals surface area contributed by atoms with Gasteiger partial charge in [-0.1, -0.05) is 6.92 Å². The van der Waals surface area contributed by atoms with E-state index in [-0.39, 0.29) is 5.92 Å². The van der Waals surface area contributed by atoms with E-state index in [0.717, 1.165) is 11.1 Å². The highest BCUT2D eigenvalue weighted by Crippen LogP contribution is 2.31. The molecule has 0 radical (unpaired) electrons. The average Bonchev–Trinajstić information content (AvgIpc) is 2.65. The van der Waals surface area contributed by atoms with Crippen molar-refractivity contribution >= 4 is 22.5 Å². The summed E-state index contributed by atoms with van der Waals surface area (Å²) in [4.78, 5) is 18.2. The van der Waals surface area contributed by atoms with Gasteiger partial charge in [-0.25, -0.2) is 0 Å². The Morgan fingerprint density at radius 1 is 1.39 bits per heavy atom. The number of nitrogens with zero attached hydrogens (tertiary/aromatic N) is 3. The molecule has 1 aliphatic rings. The van der Waals surface area contributed by atoms with E-state index in [0.29, 0.717) is 30.6 Å². The van der Waals surface area contributed by atoms with Gasteiger partial charge in [-0.2, -0.15) is 18.4 Å². The van der Waals surface area contributed by atoms with Crippen molar-refractivity contribution in [1.82, 2.24) is 10.3 Å². The van der Waals surface area contributed by atoms with Crippen molar-refractivity contribution in [1.29, 1.82) is 5.26 Å². The number of nitriles is 1. The van der Waals surface area contributed by atoms with Crippen LogP contribution in [0.1, 0.15) is 18.9 Å². The number of benzene rings is 1. The Hall–Kier alpha value is -2.86. The van der Waals surface area contributed by atoms with Crippen LogP contribution in [0.15, 0.2) is 30.5 Å². The highest BCUT2D eigenvalue weighted by Gasteiger charge is 2.43. The predicted molar refractivity (Wildman–Crippen MR) is 98.4 cm³/mol. The normalized spacial score (nSPS) is 21.2. The lowest BCUT2D eigenvalue weighted by atomic mass is 9.94. The minimum absolute atomic E-state index is 0.142. The molecule has 28 heavy (non-hydrogen) atoms. The fraction of sp³-hybridized carbons (Fsp3) is 0.421. The number of alkyl halides is 3. The SMILES string of the molecule is C[C@H]1C[C@@H](NC(=O)C(N)C(F)(F)F)CN(c2ccc(C#N)c3ncccc23)C1. The maximum atomic E-state index is 12.7. The molecule has 0 spiro atoms. The number of nitrogens with one attached hydrogen (secondary N) is 1. The lowest BCUT2D eigenvalue weighted by Gasteiger charge is -2.39. The molecular weight excluding hydrogens is 371 g/mol. The summed E-state index contributed by atoms with van der Waals surface area (Å²) in [6.45, 7) is 2.99. The maximum absolute atomic E-state index is 12.7. The molecule has 1 aliphatic heterocycles. The van der Waals surface area contributed by atoms with E-state index in [1.54, 1.807) is 24.4 Å².